The van der Waals surface area contributed by atoms with Crippen molar-refractivity contribution in [3.8, 4) is 11.5 Å². The van der Waals surface area contributed by atoms with Gasteiger partial charge in [0.2, 0.25) is 12.7 Å². The molecule has 0 radical (unpaired) electrons. The van der Waals surface area contributed by atoms with Crippen molar-refractivity contribution in [2.45, 2.75) is 17.1 Å². The molecule has 0 unspecified atom stereocenters. The van der Waals surface area contributed by atoms with Gasteiger partial charge in [-0.05, 0) is 24.3 Å². The third-order valence-corrected chi connectivity index (χ3v) is 5.15. The van der Waals surface area contributed by atoms with Crippen LogP contribution in [-0.4, -0.2) is 31.0 Å². The Morgan fingerprint density at radius 1 is 1.25 bits per heavy atom. The highest BCUT2D eigenvalue weighted by molar-refractivity contribution is 8.00. The van der Waals surface area contributed by atoms with Crippen LogP contribution < -0.4 is 19.7 Å². The molecule has 0 fully saturated rings. The zero-order valence-corrected chi connectivity index (χ0v) is 14.1. The predicted molar refractivity (Wildman–Crippen MR) is 95.2 cm³/mol. The highest BCUT2D eigenvalue weighted by Gasteiger charge is 2.24. The average molecular weight is 342 g/mol. The van der Waals surface area contributed by atoms with Crippen molar-refractivity contribution in [3.63, 3.8) is 0 Å². The van der Waals surface area contributed by atoms with E-state index in [1.54, 1.807) is 6.07 Å². The van der Waals surface area contributed by atoms with E-state index in [9.17, 15) is 4.79 Å². The van der Waals surface area contributed by atoms with Gasteiger partial charge in [0, 0.05) is 28.4 Å². The molecule has 2 aromatic carbocycles. The van der Waals surface area contributed by atoms with Gasteiger partial charge < -0.3 is 19.7 Å². The number of amides is 1. The zero-order chi connectivity index (χ0) is 16.5. The van der Waals surface area contributed by atoms with Gasteiger partial charge in [-0.25, -0.2) is 0 Å². The summed E-state index contributed by atoms with van der Waals surface area (Å²) < 4.78 is 10.6. The summed E-state index contributed by atoms with van der Waals surface area (Å²) in [5.74, 6) is 1.34. The van der Waals surface area contributed by atoms with E-state index >= 15 is 0 Å². The van der Waals surface area contributed by atoms with Crippen LogP contribution in [0.4, 0.5) is 11.4 Å². The van der Waals surface area contributed by atoms with E-state index in [2.05, 4.69) is 29.3 Å². The van der Waals surface area contributed by atoms with Crippen molar-refractivity contribution in [2.24, 2.45) is 0 Å². The molecule has 0 bridgehead atoms. The number of rotatable bonds is 3. The van der Waals surface area contributed by atoms with Gasteiger partial charge >= 0.3 is 0 Å². The second-order valence-corrected chi connectivity index (χ2v) is 7.37. The highest BCUT2D eigenvalue weighted by atomic mass is 32.2. The normalized spacial score (nSPS) is 18.2. The number of hydrogen-bond donors (Lipinski definition) is 1. The van der Waals surface area contributed by atoms with E-state index in [0.717, 1.165) is 17.9 Å². The summed E-state index contributed by atoms with van der Waals surface area (Å²) in [6.07, 6.45) is 0. The Morgan fingerprint density at radius 3 is 3.00 bits per heavy atom. The largest absolute Gasteiger partial charge is 0.454 e. The first kappa shape index (κ1) is 15.2. The number of anilines is 2. The number of hydrogen-bond acceptors (Lipinski definition) is 5. The molecule has 0 saturated heterocycles. The van der Waals surface area contributed by atoms with Crippen molar-refractivity contribution < 1.29 is 14.3 Å². The molecule has 2 heterocycles. The Labute approximate surface area is 144 Å². The number of carbonyl (C=O) groups excluding carboxylic acids is 1. The van der Waals surface area contributed by atoms with E-state index in [4.69, 9.17) is 9.47 Å². The third-order valence-electron chi connectivity index (χ3n) is 4.00. The average Bonchev–Trinajstić information content (AvgIpc) is 3.02. The van der Waals surface area contributed by atoms with Crippen molar-refractivity contribution in [2.75, 3.05) is 30.1 Å². The lowest BCUT2D eigenvalue weighted by Gasteiger charge is -2.33. The Morgan fingerprint density at radius 2 is 2.08 bits per heavy atom. The molecule has 1 N–H and O–H groups in total. The molecule has 1 amide bonds. The molecule has 2 aromatic rings. The fraction of sp³-hybridized carbons (Fsp3) is 0.278. The summed E-state index contributed by atoms with van der Waals surface area (Å²) in [6, 6.07) is 13.7. The van der Waals surface area contributed by atoms with Crippen LogP contribution in [0.3, 0.4) is 0 Å². The smallest absolute Gasteiger partial charge is 0.243 e. The number of carbonyl (C=O) groups is 1. The number of thioether (sulfide) groups is 1. The van der Waals surface area contributed by atoms with Gasteiger partial charge in [-0.3, -0.25) is 4.79 Å². The fourth-order valence-electron chi connectivity index (χ4n) is 2.98. The molecule has 0 aliphatic carbocycles. The maximum Gasteiger partial charge on any atom is 0.243 e. The van der Waals surface area contributed by atoms with Gasteiger partial charge in [-0.15, -0.1) is 11.8 Å². The number of nitrogens with one attached hydrogen (secondary N) is 1. The molecule has 24 heavy (non-hydrogen) atoms. The molecule has 4 rings (SSSR count). The molecule has 2 aliphatic heterocycles. The van der Waals surface area contributed by atoms with Crippen LogP contribution in [0.1, 0.15) is 6.92 Å². The topological polar surface area (TPSA) is 50.8 Å². The van der Waals surface area contributed by atoms with E-state index in [1.807, 2.05) is 36.0 Å². The monoisotopic (exact) mass is 342 g/mol. The number of benzene rings is 2. The van der Waals surface area contributed by atoms with Crippen LogP contribution in [-0.2, 0) is 4.79 Å². The van der Waals surface area contributed by atoms with Crippen molar-refractivity contribution in [3.05, 3.63) is 42.5 Å². The lowest BCUT2D eigenvalue weighted by Crippen LogP contribution is -2.39. The first-order valence-corrected chi connectivity index (χ1v) is 8.77. The van der Waals surface area contributed by atoms with E-state index in [1.165, 1.54) is 4.90 Å². The maximum absolute atomic E-state index is 12.5. The molecule has 2 aliphatic rings. The minimum Gasteiger partial charge on any atom is -0.454 e. The van der Waals surface area contributed by atoms with E-state index < -0.39 is 0 Å². The van der Waals surface area contributed by atoms with Gasteiger partial charge in [0.1, 0.15) is 0 Å². The lowest BCUT2D eigenvalue weighted by atomic mass is 10.2. The quantitative estimate of drug-likeness (QED) is 0.927. The number of fused-ring (bicyclic) bond motifs is 2. The van der Waals surface area contributed by atoms with Gasteiger partial charge in [0.05, 0.1) is 12.2 Å². The van der Waals surface area contributed by atoms with Gasteiger partial charge in [0.25, 0.3) is 0 Å². The Hall–Kier alpha value is -2.34. The standard InChI is InChI=1S/C18H18N2O3S/c1-12-9-20(14-4-2-3-5-17(14)24-12)10-18(21)19-13-6-7-15-16(8-13)23-11-22-15/h2-8,12H,9-11H2,1H3,(H,19,21)/t12-/m0/s1. The van der Waals surface area contributed by atoms with Crippen LogP contribution in [0.2, 0.25) is 0 Å². The molecular weight excluding hydrogens is 324 g/mol. The molecule has 5 nitrogen and oxygen atoms in total. The second kappa shape index (κ2) is 6.28. The molecule has 0 aromatic heterocycles. The van der Waals surface area contributed by atoms with Crippen LogP contribution in [0, 0.1) is 0 Å². The first-order chi connectivity index (χ1) is 11.7. The van der Waals surface area contributed by atoms with E-state index in [0.29, 0.717) is 23.3 Å². The number of nitrogens with zero attached hydrogens (tertiary/aromatic N) is 1. The predicted octanol–water partition coefficient (Wildman–Crippen LogP) is 3.35. The summed E-state index contributed by atoms with van der Waals surface area (Å²) in [5.41, 5.74) is 1.85. The summed E-state index contributed by atoms with van der Waals surface area (Å²) in [4.78, 5) is 15.8. The van der Waals surface area contributed by atoms with Crippen molar-refractivity contribution in [1.29, 1.82) is 0 Å². The van der Waals surface area contributed by atoms with Gasteiger partial charge in [-0.2, -0.15) is 0 Å². The summed E-state index contributed by atoms with van der Waals surface area (Å²) in [5, 5.41) is 3.40. The minimum absolute atomic E-state index is 0.0391. The maximum atomic E-state index is 12.5. The van der Waals surface area contributed by atoms with Crippen LogP contribution >= 0.6 is 11.8 Å². The molecule has 0 spiro atoms. The lowest BCUT2D eigenvalue weighted by molar-refractivity contribution is -0.115. The molecule has 124 valence electrons. The third kappa shape index (κ3) is 3.01. The zero-order valence-electron chi connectivity index (χ0n) is 13.3. The summed E-state index contributed by atoms with van der Waals surface area (Å²) in [6.45, 7) is 3.60. The first-order valence-electron chi connectivity index (χ1n) is 7.89. The summed E-state index contributed by atoms with van der Waals surface area (Å²) in [7, 11) is 0. The minimum atomic E-state index is -0.0391. The molecule has 6 heteroatoms. The Bertz CT molecular complexity index is 781. The van der Waals surface area contributed by atoms with Crippen LogP contribution in [0.25, 0.3) is 0 Å². The van der Waals surface area contributed by atoms with Crippen LogP contribution in [0.15, 0.2) is 47.4 Å². The van der Waals surface area contributed by atoms with E-state index in [-0.39, 0.29) is 12.7 Å². The van der Waals surface area contributed by atoms with Gasteiger partial charge in [0.15, 0.2) is 11.5 Å². The molecule has 1 atom stereocenters. The highest BCUT2D eigenvalue weighted by Crippen LogP contribution is 2.38. The number of para-hydroxylation sites is 1. The second-order valence-electron chi connectivity index (χ2n) is 5.89. The summed E-state index contributed by atoms with van der Waals surface area (Å²) >= 11 is 1.86. The Kier molecular flexibility index (Phi) is 3.98. The fourth-order valence-corrected chi connectivity index (χ4v) is 4.14. The van der Waals surface area contributed by atoms with Crippen molar-refractivity contribution in [1.82, 2.24) is 0 Å². The molecule has 0 saturated carbocycles. The number of ether oxygens (including phenoxy) is 2. The Balaban J connectivity index is 1.46. The SMILES string of the molecule is C[C@H]1CN(CC(=O)Nc2ccc3c(c2)OCO3)c2ccccc2S1. The van der Waals surface area contributed by atoms with Crippen molar-refractivity contribution >= 4 is 29.0 Å². The van der Waals surface area contributed by atoms with Gasteiger partial charge in [-0.1, -0.05) is 19.1 Å². The molecular formula is C18H18N2O3S. The van der Waals surface area contributed by atoms with Crippen LogP contribution in [0.5, 0.6) is 11.5 Å².